The Morgan fingerprint density at radius 1 is 1.43 bits per heavy atom. The van der Waals surface area contributed by atoms with Crippen LogP contribution in [0.4, 0.5) is 10.5 Å². The summed E-state index contributed by atoms with van der Waals surface area (Å²) in [6, 6.07) is 7.17. The fourth-order valence-corrected chi connectivity index (χ4v) is 2.16. The van der Waals surface area contributed by atoms with Gasteiger partial charge in [0.1, 0.15) is 0 Å². The fourth-order valence-electron chi connectivity index (χ4n) is 2.16. The fraction of sp³-hybridized carbons (Fsp3) is 0.429. The summed E-state index contributed by atoms with van der Waals surface area (Å²) in [5, 5.41) is 14.8. The molecule has 1 aromatic carbocycles. The summed E-state index contributed by atoms with van der Waals surface area (Å²) in [4.78, 5) is 24.6. The Kier molecular flexibility index (Phi) is 5.13. The number of hydrogen-bond donors (Lipinski definition) is 3. The van der Waals surface area contributed by atoms with E-state index in [0.29, 0.717) is 13.1 Å². The van der Waals surface area contributed by atoms with Crippen molar-refractivity contribution < 1.29 is 19.4 Å². The van der Waals surface area contributed by atoms with Gasteiger partial charge in [-0.1, -0.05) is 18.2 Å². The first-order valence-electron chi connectivity index (χ1n) is 6.74. The van der Waals surface area contributed by atoms with Gasteiger partial charge in [0.2, 0.25) is 0 Å². The summed E-state index contributed by atoms with van der Waals surface area (Å²) in [5.74, 6) is -1.05. The third kappa shape index (κ3) is 3.93. The first-order chi connectivity index (χ1) is 10.1. The summed E-state index contributed by atoms with van der Waals surface area (Å²) in [6.45, 7) is 1.29. The van der Waals surface area contributed by atoms with Crippen molar-refractivity contribution in [1.82, 2.24) is 10.2 Å². The van der Waals surface area contributed by atoms with Crippen molar-refractivity contribution >= 4 is 17.7 Å². The van der Waals surface area contributed by atoms with Crippen molar-refractivity contribution in [2.24, 2.45) is 0 Å². The largest absolute Gasteiger partial charge is 0.479 e. The molecule has 7 nitrogen and oxygen atoms in total. The maximum atomic E-state index is 12.2. The Bertz CT molecular complexity index is 521. The van der Waals surface area contributed by atoms with E-state index < -0.39 is 12.1 Å². The average Bonchev–Trinajstić information content (AvgIpc) is 2.49. The lowest BCUT2D eigenvalue weighted by atomic mass is 10.2. The van der Waals surface area contributed by atoms with Crippen molar-refractivity contribution in [3.05, 3.63) is 29.8 Å². The Labute approximate surface area is 122 Å². The van der Waals surface area contributed by atoms with Crippen LogP contribution in [-0.2, 0) is 16.1 Å². The lowest BCUT2D eigenvalue weighted by molar-refractivity contribution is -0.154. The van der Waals surface area contributed by atoms with Crippen molar-refractivity contribution in [1.29, 1.82) is 0 Å². The Hall–Kier alpha value is -2.12. The summed E-state index contributed by atoms with van der Waals surface area (Å²) in [7, 11) is 1.83. The van der Waals surface area contributed by atoms with E-state index in [1.54, 1.807) is 0 Å². The second kappa shape index (κ2) is 7.05. The van der Waals surface area contributed by atoms with E-state index in [1.165, 1.54) is 4.90 Å². The zero-order chi connectivity index (χ0) is 15.2. The van der Waals surface area contributed by atoms with Gasteiger partial charge < -0.3 is 25.4 Å². The van der Waals surface area contributed by atoms with Crippen molar-refractivity contribution in [3.63, 3.8) is 0 Å². The van der Waals surface area contributed by atoms with E-state index in [0.717, 1.165) is 11.3 Å². The second-order valence-corrected chi connectivity index (χ2v) is 4.76. The number of aliphatic carboxylic acids is 1. The van der Waals surface area contributed by atoms with Gasteiger partial charge >= 0.3 is 12.0 Å². The van der Waals surface area contributed by atoms with Gasteiger partial charge in [0.25, 0.3) is 0 Å². The van der Waals surface area contributed by atoms with E-state index in [9.17, 15) is 9.59 Å². The Morgan fingerprint density at radius 3 is 2.90 bits per heavy atom. The molecule has 0 aromatic heterocycles. The molecule has 1 aliphatic rings. The molecule has 1 fully saturated rings. The Balaban J connectivity index is 2.02. The molecule has 1 unspecified atom stereocenters. The third-order valence-corrected chi connectivity index (χ3v) is 3.26. The van der Waals surface area contributed by atoms with E-state index in [2.05, 4.69) is 10.6 Å². The molecule has 1 aliphatic heterocycles. The number of hydrogen-bond acceptors (Lipinski definition) is 4. The lowest BCUT2D eigenvalue weighted by Crippen LogP contribution is -2.50. The topological polar surface area (TPSA) is 90.9 Å². The third-order valence-electron chi connectivity index (χ3n) is 3.26. The number of ether oxygens (including phenoxy) is 1. The first kappa shape index (κ1) is 15.3. The molecule has 21 heavy (non-hydrogen) atoms. The summed E-state index contributed by atoms with van der Waals surface area (Å²) < 4.78 is 5.10. The number of benzene rings is 1. The van der Waals surface area contributed by atoms with Gasteiger partial charge in [-0.3, -0.25) is 0 Å². The zero-order valence-electron chi connectivity index (χ0n) is 11.8. The van der Waals surface area contributed by atoms with Crippen LogP contribution in [0.1, 0.15) is 5.56 Å². The number of carbonyl (C=O) groups excluding carboxylic acids is 1. The summed E-state index contributed by atoms with van der Waals surface area (Å²) in [5.41, 5.74) is 1.69. The number of morpholine rings is 1. The van der Waals surface area contributed by atoms with Gasteiger partial charge in [-0.15, -0.1) is 0 Å². The molecular formula is C14H19N3O4. The standard InChI is InChI=1S/C14H19N3O4/c1-15-8-10-4-2-3-5-11(10)16-14(20)17-6-7-21-12(9-17)13(18)19/h2-5,12,15H,6-9H2,1H3,(H,16,20)(H,18,19). The van der Waals surface area contributed by atoms with Gasteiger partial charge in [0.05, 0.1) is 13.2 Å². The average molecular weight is 293 g/mol. The van der Waals surface area contributed by atoms with Crippen LogP contribution < -0.4 is 10.6 Å². The van der Waals surface area contributed by atoms with E-state index in [-0.39, 0.29) is 19.2 Å². The van der Waals surface area contributed by atoms with Crippen molar-refractivity contribution in [2.45, 2.75) is 12.6 Å². The number of rotatable bonds is 4. The zero-order valence-corrected chi connectivity index (χ0v) is 11.8. The lowest BCUT2D eigenvalue weighted by Gasteiger charge is -2.31. The Morgan fingerprint density at radius 2 is 2.19 bits per heavy atom. The number of anilines is 1. The molecule has 7 heteroatoms. The number of nitrogens with one attached hydrogen (secondary N) is 2. The molecule has 1 heterocycles. The van der Waals surface area contributed by atoms with Gasteiger partial charge in [-0.25, -0.2) is 9.59 Å². The molecule has 114 valence electrons. The first-order valence-corrected chi connectivity index (χ1v) is 6.74. The highest BCUT2D eigenvalue weighted by Gasteiger charge is 2.29. The second-order valence-electron chi connectivity index (χ2n) is 4.76. The highest BCUT2D eigenvalue weighted by atomic mass is 16.5. The molecule has 0 saturated carbocycles. The molecule has 1 atom stereocenters. The van der Waals surface area contributed by atoms with Crippen LogP contribution in [0.3, 0.4) is 0 Å². The van der Waals surface area contributed by atoms with E-state index >= 15 is 0 Å². The summed E-state index contributed by atoms with van der Waals surface area (Å²) >= 11 is 0. The van der Waals surface area contributed by atoms with Gasteiger partial charge in [-0.05, 0) is 18.7 Å². The molecule has 0 aliphatic carbocycles. The molecule has 3 N–H and O–H groups in total. The minimum atomic E-state index is -1.05. The maximum absolute atomic E-state index is 12.2. The van der Waals surface area contributed by atoms with Crippen LogP contribution in [0.2, 0.25) is 0 Å². The van der Waals surface area contributed by atoms with Crippen LogP contribution in [0.5, 0.6) is 0 Å². The minimum absolute atomic E-state index is 0.0510. The van der Waals surface area contributed by atoms with Crippen LogP contribution in [0, 0.1) is 0 Å². The molecule has 0 radical (unpaired) electrons. The number of para-hydroxylation sites is 1. The SMILES string of the molecule is CNCc1ccccc1NC(=O)N1CCOC(C(=O)O)C1. The number of carbonyl (C=O) groups is 2. The molecule has 0 spiro atoms. The highest BCUT2D eigenvalue weighted by Crippen LogP contribution is 2.16. The highest BCUT2D eigenvalue weighted by molar-refractivity contribution is 5.90. The molecule has 2 rings (SSSR count). The summed E-state index contributed by atoms with van der Waals surface area (Å²) in [6.07, 6.45) is -0.961. The normalized spacial score (nSPS) is 18.3. The minimum Gasteiger partial charge on any atom is -0.479 e. The van der Waals surface area contributed by atoms with Crippen LogP contribution in [-0.4, -0.2) is 54.9 Å². The number of carboxylic acid groups (broad SMARTS) is 1. The molecule has 0 bridgehead atoms. The van der Waals surface area contributed by atoms with Crippen molar-refractivity contribution in [2.75, 3.05) is 32.1 Å². The predicted octanol–water partition coefficient (Wildman–Crippen LogP) is 0.723. The van der Waals surface area contributed by atoms with Gasteiger partial charge in [0.15, 0.2) is 6.10 Å². The smallest absolute Gasteiger partial charge is 0.334 e. The molecule has 1 saturated heterocycles. The number of nitrogens with zero attached hydrogens (tertiary/aromatic N) is 1. The number of amides is 2. The molecule has 1 aromatic rings. The monoisotopic (exact) mass is 293 g/mol. The van der Waals surface area contributed by atoms with Crippen LogP contribution in [0.15, 0.2) is 24.3 Å². The van der Waals surface area contributed by atoms with E-state index in [1.807, 2.05) is 31.3 Å². The van der Waals surface area contributed by atoms with Gasteiger partial charge in [-0.2, -0.15) is 0 Å². The quantitative estimate of drug-likeness (QED) is 0.761. The van der Waals surface area contributed by atoms with E-state index in [4.69, 9.17) is 9.84 Å². The number of carboxylic acids is 1. The molecular weight excluding hydrogens is 274 g/mol. The predicted molar refractivity (Wildman–Crippen MR) is 77.2 cm³/mol. The molecule has 2 amide bonds. The van der Waals surface area contributed by atoms with Crippen LogP contribution >= 0.6 is 0 Å². The maximum Gasteiger partial charge on any atom is 0.334 e. The van der Waals surface area contributed by atoms with Gasteiger partial charge in [0, 0.05) is 18.8 Å². The van der Waals surface area contributed by atoms with Crippen molar-refractivity contribution in [3.8, 4) is 0 Å². The van der Waals surface area contributed by atoms with Crippen LogP contribution in [0.25, 0.3) is 0 Å². The number of urea groups is 1.